The van der Waals surface area contributed by atoms with E-state index in [1.165, 1.54) is 77.0 Å². The number of unbranched alkanes of at least 4 members (excludes halogenated alkanes) is 12. The molecule has 0 atom stereocenters. The van der Waals surface area contributed by atoms with E-state index in [0.29, 0.717) is 13.2 Å². The van der Waals surface area contributed by atoms with E-state index in [-0.39, 0.29) is 0 Å². The van der Waals surface area contributed by atoms with Crippen molar-refractivity contribution in [2.24, 2.45) is 0 Å². The summed E-state index contributed by atoms with van der Waals surface area (Å²) in [4.78, 5) is 0. The summed E-state index contributed by atoms with van der Waals surface area (Å²) in [5, 5.41) is 4.43. The summed E-state index contributed by atoms with van der Waals surface area (Å²) >= 11 is 0. The van der Waals surface area contributed by atoms with Crippen LogP contribution in [0.25, 0.3) is 21.5 Å². The fourth-order valence-electron chi connectivity index (χ4n) is 5.44. The van der Waals surface area contributed by atoms with Crippen molar-refractivity contribution < 1.29 is 18.9 Å². The zero-order valence-electron chi connectivity index (χ0n) is 27.2. The van der Waals surface area contributed by atoms with E-state index in [4.69, 9.17) is 18.9 Å². The highest BCUT2D eigenvalue weighted by Gasteiger charge is 2.19. The first-order chi connectivity index (χ1) is 20.7. The first-order valence-corrected chi connectivity index (χ1v) is 17.3. The van der Waals surface area contributed by atoms with Crippen LogP contribution in [0.5, 0.6) is 23.0 Å². The third-order valence-corrected chi connectivity index (χ3v) is 7.99. The highest BCUT2D eigenvalue weighted by atomic mass is 16.5. The molecular weight excluding hydrogens is 520 g/mol. The monoisotopic (exact) mass is 578 g/mol. The minimum absolute atomic E-state index is 0.696. The van der Waals surface area contributed by atoms with Gasteiger partial charge in [0.2, 0.25) is 0 Å². The van der Waals surface area contributed by atoms with Crippen molar-refractivity contribution in [1.29, 1.82) is 0 Å². The predicted octanol–water partition coefficient (Wildman–Crippen LogP) is 11.8. The van der Waals surface area contributed by atoms with Gasteiger partial charge in [0.1, 0.15) is 11.5 Å². The van der Waals surface area contributed by atoms with Crippen LogP contribution in [0.2, 0.25) is 0 Å². The SMILES string of the molecule is CCCCCCOc1ccc2c(OCCCCCC)c(OCCCCCC)c3ccc(OCCCCCC)cc3c2c1. The molecular formula is C38H58O4. The molecule has 0 heterocycles. The fourth-order valence-corrected chi connectivity index (χ4v) is 5.44. The second-order valence-corrected chi connectivity index (χ2v) is 11.7. The van der Waals surface area contributed by atoms with E-state index in [0.717, 1.165) is 83.4 Å². The second-order valence-electron chi connectivity index (χ2n) is 11.7. The summed E-state index contributed by atoms with van der Waals surface area (Å²) in [7, 11) is 0. The van der Waals surface area contributed by atoms with Crippen molar-refractivity contribution >= 4 is 21.5 Å². The molecule has 0 aliphatic heterocycles. The van der Waals surface area contributed by atoms with Crippen LogP contribution in [-0.2, 0) is 0 Å². The van der Waals surface area contributed by atoms with Gasteiger partial charge in [-0.15, -0.1) is 0 Å². The fraction of sp³-hybridized carbons (Fsp3) is 0.632. The Hall–Kier alpha value is -2.62. The van der Waals surface area contributed by atoms with Crippen LogP contribution in [0.15, 0.2) is 36.4 Å². The third-order valence-electron chi connectivity index (χ3n) is 7.99. The quantitative estimate of drug-likeness (QED) is 0.0782. The predicted molar refractivity (Wildman–Crippen MR) is 180 cm³/mol. The van der Waals surface area contributed by atoms with Crippen molar-refractivity contribution in [1.82, 2.24) is 0 Å². The molecule has 42 heavy (non-hydrogen) atoms. The van der Waals surface area contributed by atoms with Crippen molar-refractivity contribution in [3.63, 3.8) is 0 Å². The molecule has 0 bridgehead atoms. The molecule has 0 aliphatic carbocycles. The molecule has 0 spiro atoms. The Labute approximate surface area is 256 Å². The molecule has 0 radical (unpaired) electrons. The van der Waals surface area contributed by atoms with Crippen LogP contribution in [0.1, 0.15) is 130 Å². The van der Waals surface area contributed by atoms with Crippen molar-refractivity contribution in [3.05, 3.63) is 36.4 Å². The molecule has 4 heteroatoms. The Morgan fingerprint density at radius 1 is 0.357 bits per heavy atom. The van der Waals surface area contributed by atoms with Crippen LogP contribution in [0, 0.1) is 0 Å². The van der Waals surface area contributed by atoms with E-state index in [1.807, 2.05) is 0 Å². The summed E-state index contributed by atoms with van der Waals surface area (Å²) in [5.74, 6) is 3.56. The van der Waals surface area contributed by atoms with E-state index < -0.39 is 0 Å². The standard InChI is InChI=1S/C38H58O4/c1-5-9-13-17-25-39-31-21-23-33-35(29-31)36-30-32(40-26-18-14-10-6-2)22-24-34(36)38(42-28-20-16-12-8-4)37(33)41-27-19-15-11-7-3/h21-24,29-30H,5-20,25-28H2,1-4H3. The molecule has 0 saturated carbocycles. The van der Waals surface area contributed by atoms with Gasteiger partial charge in [-0.25, -0.2) is 0 Å². The van der Waals surface area contributed by atoms with Crippen LogP contribution in [0.3, 0.4) is 0 Å². The van der Waals surface area contributed by atoms with Crippen LogP contribution in [-0.4, -0.2) is 26.4 Å². The van der Waals surface area contributed by atoms with Gasteiger partial charge in [-0.1, -0.05) is 105 Å². The highest BCUT2D eigenvalue weighted by Crippen LogP contribution is 2.46. The number of benzene rings is 3. The van der Waals surface area contributed by atoms with Crippen molar-refractivity contribution in [2.75, 3.05) is 26.4 Å². The van der Waals surface area contributed by atoms with Gasteiger partial charge in [-0.2, -0.15) is 0 Å². The molecule has 0 aromatic heterocycles. The molecule has 3 aromatic carbocycles. The van der Waals surface area contributed by atoms with Crippen molar-refractivity contribution in [2.45, 2.75) is 130 Å². The third kappa shape index (κ3) is 10.9. The summed E-state index contributed by atoms with van der Waals surface area (Å²) in [6.45, 7) is 11.9. The Bertz CT molecular complexity index is 1060. The van der Waals surface area contributed by atoms with Gasteiger partial charge in [-0.05, 0) is 72.9 Å². The smallest absolute Gasteiger partial charge is 0.169 e. The second kappa shape index (κ2) is 20.3. The van der Waals surface area contributed by atoms with Gasteiger partial charge in [0.05, 0.1) is 26.4 Å². The zero-order chi connectivity index (χ0) is 29.8. The molecule has 0 unspecified atom stereocenters. The number of fused-ring (bicyclic) bond motifs is 3. The lowest BCUT2D eigenvalue weighted by Crippen LogP contribution is -2.05. The maximum atomic E-state index is 6.58. The maximum Gasteiger partial charge on any atom is 0.169 e. The normalized spacial score (nSPS) is 11.3. The summed E-state index contributed by atoms with van der Waals surface area (Å²) in [6.07, 6.45) is 18.9. The molecule has 0 fully saturated rings. The van der Waals surface area contributed by atoms with Crippen LogP contribution in [0.4, 0.5) is 0 Å². The molecule has 3 rings (SSSR count). The van der Waals surface area contributed by atoms with Gasteiger partial charge >= 0.3 is 0 Å². The average Bonchev–Trinajstić information content (AvgIpc) is 3.01. The Morgan fingerprint density at radius 2 is 0.690 bits per heavy atom. The molecule has 0 saturated heterocycles. The molecule has 0 amide bonds. The number of hydrogen-bond donors (Lipinski definition) is 0. The lowest BCUT2D eigenvalue weighted by molar-refractivity contribution is 0.264. The summed E-state index contributed by atoms with van der Waals surface area (Å²) in [6, 6.07) is 12.9. The van der Waals surface area contributed by atoms with E-state index in [9.17, 15) is 0 Å². The molecule has 234 valence electrons. The molecule has 0 aliphatic rings. The number of ether oxygens (including phenoxy) is 4. The Balaban J connectivity index is 1.99. The van der Waals surface area contributed by atoms with Gasteiger partial charge in [-0.3, -0.25) is 0 Å². The first kappa shape index (κ1) is 33.9. The van der Waals surface area contributed by atoms with Crippen LogP contribution >= 0.6 is 0 Å². The lowest BCUT2D eigenvalue weighted by Gasteiger charge is -2.20. The van der Waals surface area contributed by atoms with Gasteiger partial charge < -0.3 is 18.9 Å². The maximum absolute atomic E-state index is 6.58. The molecule has 0 N–H and O–H groups in total. The number of rotatable bonds is 24. The van der Waals surface area contributed by atoms with Gasteiger partial charge in [0, 0.05) is 10.8 Å². The van der Waals surface area contributed by atoms with E-state index in [2.05, 4.69) is 64.1 Å². The first-order valence-electron chi connectivity index (χ1n) is 17.3. The lowest BCUT2D eigenvalue weighted by atomic mass is 9.99. The van der Waals surface area contributed by atoms with Crippen molar-refractivity contribution in [3.8, 4) is 23.0 Å². The van der Waals surface area contributed by atoms with E-state index >= 15 is 0 Å². The Kier molecular flexibility index (Phi) is 16.4. The number of hydrogen-bond acceptors (Lipinski definition) is 4. The highest BCUT2D eigenvalue weighted by molar-refractivity contribution is 6.14. The topological polar surface area (TPSA) is 36.9 Å². The zero-order valence-corrected chi connectivity index (χ0v) is 27.2. The largest absolute Gasteiger partial charge is 0.494 e. The molecule has 4 nitrogen and oxygen atoms in total. The minimum atomic E-state index is 0.696. The summed E-state index contributed by atoms with van der Waals surface area (Å²) in [5.41, 5.74) is 0. The minimum Gasteiger partial charge on any atom is -0.494 e. The molecule has 3 aromatic rings. The Morgan fingerprint density at radius 3 is 1.02 bits per heavy atom. The average molecular weight is 579 g/mol. The van der Waals surface area contributed by atoms with Gasteiger partial charge in [0.15, 0.2) is 11.5 Å². The summed E-state index contributed by atoms with van der Waals surface area (Å²) < 4.78 is 25.6. The van der Waals surface area contributed by atoms with Crippen LogP contribution < -0.4 is 18.9 Å². The van der Waals surface area contributed by atoms with Gasteiger partial charge in [0.25, 0.3) is 0 Å². The van der Waals surface area contributed by atoms with E-state index in [1.54, 1.807) is 0 Å².